The van der Waals surface area contributed by atoms with Gasteiger partial charge >= 0.3 is 0 Å². The van der Waals surface area contributed by atoms with Crippen LogP contribution in [0.2, 0.25) is 0 Å². The fraction of sp³-hybridized carbons (Fsp3) is 0.947. The molecule has 1 radical (unpaired) electrons. The smallest absolute Gasteiger partial charge is 0.0143 e. The van der Waals surface area contributed by atoms with Gasteiger partial charge in [-0.15, -0.1) is 0 Å². The van der Waals surface area contributed by atoms with Gasteiger partial charge in [-0.05, 0) is 73.5 Å². The van der Waals surface area contributed by atoms with Crippen molar-refractivity contribution in [3.63, 3.8) is 0 Å². The molecule has 0 heterocycles. The second-order valence-electron chi connectivity index (χ2n) is 7.73. The third kappa shape index (κ3) is 2.88. The van der Waals surface area contributed by atoms with Gasteiger partial charge in [0.1, 0.15) is 0 Å². The average molecular weight is 263 g/mol. The summed E-state index contributed by atoms with van der Waals surface area (Å²) in [6.07, 6.45) is 11.7. The normalized spacial score (nSPS) is 25.4. The van der Waals surface area contributed by atoms with E-state index < -0.39 is 0 Å². The molecule has 2 unspecified atom stereocenters. The molecule has 2 rings (SSSR count). The lowest BCUT2D eigenvalue weighted by Crippen LogP contribution is -2.44. The molecule has 0 nitrogen and oxygen atoms in total. The van der Waals surface area contributed by atoms with Crippen LogP contribution in [0.15, 0.2) is 0 Å². The lowest BCUT2D eigenvalue weighted by atomic mass is 9.52. The third-order valence-corrected chi connectivity index (χ3v) is 6.16. The first-order chi connectivity index (χ1) is 9.06. The van der Waals surface area contributed by atoms with E-state index >= 15 is 0 Å². The highest BCUT2D eigenvalue weighted by atomic mass is 14.6. The minimum Gasteiger partial charge on any atom is -0.0651 e. The quantitative estimate of drug-likeness (QED) is 0.485. The molecule has 0 spiro atoms. The Morgan fingerprint density at radius 3 is 1.89 bits per heavy atom. The van der Waals surface area contributed by atoms with Crippen LogP contribution in [0.5, 0.6) is 0 Å². The average Bonchev–Trinajstić information content (AvgIpc) is 3.14. The summed E-state index contributed by atoms with van der Waals surface area (Å²) in [5.74, 6) is 5.72. The molecule has 2 atom stereocenters. The zero-order valence-electron chi connectivity index (χ0n) is 14.0. The van der Waals surface area contributed by atoms with E-state index in [4.69, 9.17) is 0 Å². The summed E-state index contributed by atoms with van der Waals surface area (Å²) in [7, 11) is 0. The van der Waals surface area contributed by atoms with E-state index in [9.17, 15) is 0 Å². The van der Waals surface area contributed by atoms with Crippen molar-refractivity contribution < 1.29 is 0 Å². The lowest BCUT2D eigenvalue weighted by molar-refractivity contribution is 0.0435. The van der Waals surface area contributed by atoms with Gasteiger partial charge in [-0.25, -0.2) is 0 Å². The first kappa shape index (κ1) is 15.4. The van der Waals surface area contributed by atoms with Crippen LogP contribution in [-0.4, -0.2) is 0 Å². The molecule has 0 bridgehead atoms. The maximum atomic E-state index is 2.50. The van der Waals surface area contributed by atoms with Crippen molar-refractivity contribution in [3.8, 4) is 0 Å². The molecular formula is C19H35. The van der Waals surface area contributed by atoms with Crippen molar-refractivity contribution in [1.29, 1.82) is 0 Å². The molecular weight excluding hydrogens is 228 g/mol. The van der Waals surface area contributed by atoms with Crippen LogP contribution in [-0.2, 0) is 0 Å². The van der Waals surface area contributed by atoms with Crippen LogP contribution in [0.25, 0.3) is 0 Å². The fourth-order valence-electron chi connectivity index (χ4n) is 4.72. The van der Waals surface area contributed by atoms with Crippen LogP contribution < -0.4 is 0 Å². The molecule has 0 aliphatic heterocycles. The summed E-state index contributed by atoms with van der Waals surface area (Å²) < 4.78 is 0. The Bertz CT molecular complexity index is 272. The third-order valence-electron chi connectivity index (χ3n) is 6.16. The van der Waals surface area contributed by atoms with Gasteiger partial charge in [0.2, 0.25) is 0 Å². The van der Waals surface area contributed by atoms with E-state index in [-0.39, 0.29) is 0 Å². The van der Waals surface area contributed by atoms with Crippen molar-refractivity contribution in [1.82, 2.24) is 0 Å². The molecule has 0 saturated heterocycles. The highest BCUT2D eigenvalue weighted by Crippen LogP contribution is 2.64. The van der Waals surface area contributed by atoms with Crippen LogP contribution in [0.4, 0.5) is 0 Å². The minimum atomic E-state index is 0.637. The topological polar surface area (TPSA) is 0 Å². The molecule has 0 aromatic heterocycles. The zero-order chi connectivity index (χ0) is 14.0. The molecule has 0 amide bonds. The van der Waals surface area contributed by atoms with Gasteiger partial charge in [0.05, 0.1) is 0 Å². The molecule has 2 aliphatic rings. The highest BCUT2D eigenvalue weighted by Gasteiger charge is 2.55. The van der Waals surface area contributed by atoms with Crippen molar-refractivity contribution in [2.45, 2.75) is 86.0 Å². The van der Waals surface area contributed by atoms with Gasteiger partial charge in [0, 0.05) is 0 Å². The predicted octanol–water partition coefficient (Wildman–Crippen LogP) is 6.26. The van der Waals surface area contributed by atoms with Crippen LogP contribution >= 0.6 is 0 Å². The first-order valence-electron chi connectivity index (χ1n) is 8.92. The van der Waals surface area contributed by atoms with Gasteiger partial charge in [-0.1, -0.05) is 47.5 Å². The van der Waals surface area contributed by atoms with Gasteiger partial charge in [-0.2, -0.15) is 0 Å². The largest absolute Gasteiger partial charge is 0.0651 e. The first-order valence-corrected chi connectivity index (χ1v) is 8.92. The molecule has 0 aromatic rings. The van der Waals surface area contributed by atoms with E-state index in [1.165, 1.54) is 51.4 Å². The van der Waals surface area contributed by atoms with Gasteiger partial charge < -0.3 is 0 Å². The maximum Gasteiger partial charge on any atom is -0.0143 e. The van der Waals surface area contributed by atoms with Crippen molar-refractivity contribution >= 4 is 0 Å². The van der Waals surface area contributed by atoms with Gasteiger partial charge in [-0.3, -0.25) is 0 Å². The molecule has 2 saturated carbocycles. The van der Waals surface area contributed by atoms with Crippen molar-refractivity contribution in [3.05, 3.63) is 5.92 Å². The summed E-state index contributed by atoms with van der Waals surface area (Å²) in [4.78, 5) is 0. The Hall–Kier alpha value is 0. The fourth-order valence-corrected chi connectivity index (χ4v) is 4.72. The predicted molar refractivity (Wildman–Crippen MR) is 84.9 cm³/mol. The molecule has 111 valence electrons. The van der Waals surface area contributed by atoms with Crippen molar-refractivity contribution in [2.24, 2.45) is 29.1 Å². The Morgan fingerprint density at radius 2 is 1.58 bits per heavy atom. The molecule has 0 N–H and O–H groups in total. The number of hydrogen-bond acceptors (Lipinski definition) is 0. The Morgan fingerprint density at radius 1 is 1.00 bits per heavy atom. The summed E-state index contributed by atoms with van der Waals surface area (Å²) in [6.45, 7) is 12.2. The standard InChI is InChI=1S/C19H35/c1-6-15(5)18(13-14(3)4)19(7-2,17-11-12-17)16-9-8-10-16/h14-17H,6-13H2,1-5H3. The molecule has 2 fully saturated rings. The maximum absolute atomic E-state index is 2.50. The van der Waals surface area contributed by atoms with E-state index in [2.05, 4.69) is 34.6 Å². The van der Waals surface area contributed by atoms with Crippen LogP contribution in [0, 0.1) is 35.0 Å². The molecule has 2 aliphatic carbocycles. The molecule has 19 heavy (non-hydrogen) atoms. The van der Waals surface area contributed by atoms with Crippen LogP contribution in [0.3, 0.4) is 0 Å². The second kappa shape index (κ2) is 6.19. The summed E-state index contributed by atoms with van der Waals surface area (Å²) >= 11 is 0. The second-order valence-corrected chi connectivity index (χ2v) is 7.73. The summed E-state index contributed by atoms with van der Waals surface area (Å²) in [5, 5.41) is 0. The highest BCUT2D eigenvalue weighted by molar-refractivity contribution is 5.18. The van der Waals surface area contributed by atoms with Crippen LogP contribution in [0.1, 0.15) is 86.0 Å². The number of rotatable bonds is 8. The number of hydrogen-bond donors (Lipinski definition) is 0. The Balaban J connectivity index is 2.25. The van der Waals surface area contributed by atoms with Crippen molar-refractivity contribution in [2.75, 3.05) is 0 Å². The lowest BCUT2D eigenvalue weighted by Gasteiger charge is -2.53. The van der Waals surface area contributed by atoms with E-state index in [0.29, 0.717) is 5.41 Å². The van der Waals surface area contributed by atoms with E-state index in [1.807, 2.05) is 5.92 Å². The minimum absolute atomic E-state index is 0.637. The zero-order valence-corrected chi connectivity index (χ0v) is 14.0. The van der Waals surface area contributed by atoms with Gasteiger partial charge in [0.15, 0.2) is 0 Å². The monoisotopic (exact) mass is 263 g/mol. The van der Waals surface area contributed by atoms with Gasteiger partial charge in [0.25, 0.3) is 0 Å². The molecule has 0 heteroatoms. The Kier molecular flexibility index (Phi) is 5.01. The summed E-state index contributed by atoms with van der Waals surface area (Å²) in [5.41, 5.74) is 0.637. The Labute approximate surface area is 121 Å². The SMILES string of the molecule is CCC(C)[C](CC(C)C)C(CC)(C1CCC1)C1CC1. The van der Waals surface area contributed by atoms with E-state index in [1.54, 1.807) is 0 Å². The van der Waals surface area contributed by atoms with E-state index in [0.717, 1.165) is 23.7 Å². The molecule has 0 aromatic carbocycles. The summed E-state index contributed by atoms with van der Waals surface area (Å²) in [6, 6.07) is 0.